The first-order valence-corrected chi connectivity index (χ1v) is 3.01. The van der Waals surface area contributed by atoms with Crippen LogP contribution in [0, 0.1) is 0 Å². The standard InChI is InChI=1S/C7H8N3O/c8-5-1-4(7(10)11)2-6(9)3-5/h1-3,10H,8-9H2. The summed E-state index contributed by atoms with van der Waals surface area (Å²) in [6, 6.07) is 4.38. The van der Waals surface area contributed by atoms with Gasteiger partial charge in [-0.05, 0) is 18.2 Å². The van der Waals surface area contributed by atoms with E-state index in [0.717, 1.165) is 0 Å². The molecule has 1 aromatic rings. The Labute approximate surface area is 64.0 Å². The average Bonchev–Trinajstić information content (AvgIpc) is 1.85. The zero-order valence-electron chi connectivity index (χ0n) is 5.79. The number of nitrogens with one attached hydrogen (secondary N) is 1. The average molecular weight is 150 g/mol. The van der Waals surface area contributed by atoms with Crippen LogP contribution in [-0.2, 0) is 0 Å². The van der Waals surface area contributed by atoms with Crippen molar-refractivity contribution in [2.75, 3.05) is 11.5 Å². The van der Waals surface area contributed by atoms with E-state index in [4.69, 9.17) is 17.2 Å². The Morgan fingerprint density at radius 2 is 1.64 bits per heavy atom. The van der Waals surface area contributed by atoms with Crippen LogP contribution in [0.3, 0.4) is 0 Å². The maximum absolute atomic E-state index is 10.5. The lowest BCUT2D eigenvalue weighted by atomic mass is 10.2. The fraction of sp³-hybridized carbons (Fsp3) is 0. The Morgan fingerprint density at radius 1 is 1.18 bits per heavy atom. The summed E-state index contributed by atoms with van der Waals surface area (Å²) in [5, 5.41) is 0. The van der Waals surface area contributed by atoms with Crippen molar-refractivity contribution in [2.45, 2.75) is 0 Å². The summed E-state index contributed by atoms with van der Waals surface area (Å²) in [5.41, 5.74) is 18.6. The van der Waals surface area contributed by atoms with Crippen molar-refractivity contribution < 1.29 is 4.79 Å². The van der Waals surface area contributed by atoms with Crippen molar-refractivity contribution in [3.8, 4) is 0 Å². The van der Waals surface area contributed by atoms with Crippen molar-refractivity contribution in [1.29, 1.82) is 0 Å². The Kier molecular flexibility index (Phi) is 1.68. The van der Waals surface area contributed by atoms with E-state index in [1.165, 1.54) is 18.2 Å². The third-order valence-electron chi connectivity index (χ3n) is 1.24. The van der Waals surface area contributed by atoms with E-state index in [-0.39, 0.29) is 5.56 Å². The Bertz CT molecular complexity index is 275. The maximum Gasteiger partial charge on any atom is 0.269 e. The molecule has 0 unspecified atom stereocenters. The molecule has 1 rings (SSSR count). The number of hydrogen-bond donors (Lipinski definition) is 2. The molecule has 0 bridgehead atoms. The van der Waals surface area contributed by atoms with Gasteiger partial charge in [0.1, 0.15) is 0 Å². The Morgan fingerprint density at radius 3 is 2.00 bits per heavy atom. The number of amides is 1. The van der Waals surface area contributed by atoms with E-state index in [2.05, 4.69) is 0 Å². The fourth-order valence-electron chi connectivity index (χ4n) is 0.808. The quantitative estimate of drug-likeness (QED) is 0.563. The molecule has 0 heterocycles. The summed E-state index contributed by atoms with van der Waals surface area (Å²) in [6.07, 6.45) is 0. The minimum Gasteiger partial charge on any atom is -0.399 e. The van der Waals surface area contributed by atoms with Crippen LogP contribution in [0.25, 0.3) is 0 Å². The van der Waals surface area contributed by atoms with Gasteiger partial charge in [0.05, 0.1) is 0 Å². The van der Waals surface area contributed by atoms with Gasteiger partial charge < -0.3 is 11.5 Å². The van der Waals surface area contributed by atoms with Crippen LogP contribution in [0.5, 0.6) is 0 Å². The van der Waals surface area contributed by atoms with E-state index in [0.29, 0.717) is 11.4 Å². The normalized spacial score (nSPS) is 9.45. The topological polar surface area (TPSA) is 92.9 Å². The van der Waals surface area contributed by atoms with Crippen LogP contribution in [0.2, 0.25) is 0 Å². The molecule has 1 radical (unpaired) electrons. The summed E-state index contributed by atoms with van der Waals surface area (Å²) in [7, 11) is 0. The molecule has 0 aliphatic carbocycles. The molecule has 5 N–H and O–H groups in total. The SMILES string of the molecule is [NH]C(=O)c1cc(N)cc(N)c1. The zero-order chi connectivity index (χ0) is 8.43. The monoisotopic (exact) mass is 150 g/mol. The highest BCUT2D eigenvalue weighted by Crippen LogP contribution is 2.12. The summed E-state index contributed by atoms with van der Waals surface area (Å²) < 4.78 is 0. The molecule has 1 amide bonds. The highest BCUT2D eigenvalue weighted by Gasteiger charge is 2.01. The Hall–Kier alpha value is -1.71. The van der Waals surface area contributed by atoms with Gasteiger partial charge in [0, 0.05) is 16.9 Å². The lowest BCUT2D eigenvalue weighted by Gasteiger charge is -1.98. The Balaban J connectivity index is 3.19. The second-order valence-electron chi connectivity index (χ2n) is 2.22. The van der Waals surface area contributed by atoms with Gasteiger partial charge in [-0.15, -0.1) is 0 Å². The maximum atomic E-state index is 10.5. The van der Waals surface area contributed by atoms with Gasteiger partial charge in [0.25, 0.3) is 5.91 Å². The highest BCUT2D eigenvalue weighted by molar-refractivity contribution is 5.94. The molecule has 4 nitrogen and oxygen atoms in total. The molecule has 0 fully saturated rings. The molecule has 0 aromatic heterocycles. The number of benzene rings is 1. The molecular formula is C7H8N3O. The van der Waals surface area contributed by atoms with Crippen molar-refractivity contribution in [3.05, 3.63) is 23.8 Å². The molecule has 0 atom stereocenters. The number of anilines is 2. The third-order valence-corrected chi connectivity index (χ3v) is 1.24. The molecule has 57 valence electrons. The van der Waals surface area contributed by atoms with Crippen LogP contribution in [0.4, 0.5) is 11.4 Å². The smallest absolute Gasteiger partial charge is 0.269 e. The van der Waals surface area contributed by atoms with Gasteiger partial charge in [-0.2, -0.15) is 0 Å². The van der Waals surface area contributed by atoms with Gasteiger partial charge in [0.2, 0.25) is 0 Å². The van der Waals surface area contributed by atoms with Crippen LogP contribution in [-0.4, -0.2) is 5.91 Å². The summed E-state index contributed by atoms with van der Waals surface area (Å²) in [5.74, 6) is -0.774. The predicted molar refractivity (Wildman–Crippen MR) is 42.7 cm³/mol. The second kappa shape index (κ2) is 2.49. The predicted octanol–water partition coefficient (Wildman–Crippen LogP) is 0.274. The number of hydrogen-bond acceptors (Lipinski definition) is 3. The van der Waals surface area contributed by atoms with E-state index in [9.17, 15) is 4.79 Å². The molecule has 0 aliphatic rings. The molecule has 0 saturated heterocycles. The number of nitrogens with two attached hydrogens (primary N) is 2. The number of carbonyl (C=O) groups is 1. The molecule has 4 heteroatoms. The van der Waals surface area contributed by atoms with E-state index >= 15 is 0 Å². The fourth-order valence-corrected chi connectivity index (χ4v) is 0.808. The first-order chi connectivity index (χ1) is 5.09. The first kappa shape index (κ1) is 7.40. The van der Waals surface area contributed by atoms with Crippen molar-refractivity contribution in [2.24, 2.45) is 0 Å². The summed E-state index contributed by atoms with van der Waals surface area (Å²) in [6.45, 7) is 0. The highest BCUT2D eigenvalue weighted by atomic mass is 16.1. The van der Waals surface area contributed by atoms with Crippen molar-refractivity contribution in [3.63, 3.8) is 0 Å². The molecule has 0 spiro atoms. The van der Waals surface area contributed by atoms with E-state index in [1.54, 1.807) is 0 Å². The zero-order valence-corrected chi connectivity index (χ0v) is 5.79. The van der Waals surface area contributed by atoms with E-state index < -0.39 is 5.91 Å². The van der Waals surface area contributed by atoms with Crippen molar-refractivity contribution >= 4 is 17.3 Å². The van der Waals surface area contributed by atoms with Gasteiger partial charge in [0.15, 0.2) is 0 Å². The lowest BCUT2D eigenvalue weighted by Crippen LogP contribution is -2.01. The van der Waals surface area contributed by atoms with Crippen molar-refractivity contribution in [1.82, 2.24) is 5.73 Å². The lowest BCUT2D eigenvalue weighted by molar-refractivity contribution is 0.0992. The minimum absolute atomic E-state index is 0.225. The molecule has 11 heavy (non-hydrogen) atoms. The second-order valence-corrected chi connectivity index (χ2v) is 2.22. The molecule has 0 saturated carbocycles. The largest absolute Gasteiger partial charge is 0.399 e. The summed E-state index contributed by atoms with van der Waals surface area (Å²) >= 11 is 0. The van der Waals surface area contributed by atoms with Crippen LogP contribution >= 0.6 is 0 Å². The summed E-state index contributed by atoms with van der Waals surface area (Å²) in [4.78, 5) is 10.5. The number of nitrogen functional groups attached to an aromatic ring is 2. The molecule has 1 aromatic carbocycles. The third kappa shape index (κ3) is 1.61. The molecular weight excluding hydrogens is 142 g/mol. The van der Waals surface area contributed by atoms with Crippen LogP contribution in [0.1, 0.15) is 10.4 Å². The minimum atomic E-state index is -0.774. The number of rotatable bonds is 1. The van der Waals surface area contributed by atoms with Crippen LogP contribution < -0.4 is 17.2 Å². The van der Waals surface area contributed by atoms with Crippen LogP contribution in [0.15, 0.2) is 18.2 Å². The van der Waals surface area contributed by atoms with Gasteiger partial charge in [-0.1, -0.05) is 0 Å². The first-order valence-electron chi connectivity index (χ1n) is 3.01. The number of carbonyl (C=O) groups excluding carboxylic acids is 1. The van der Waals surface area contributed by atoms with Gasteiger partial charge in [-0.3, -0.25) is 10.5 Å². The van der Waals surface area contributed by atoms with Gasteiger partial charge >= 0.3 is 0 Å². The van der Waals surface area contributed by atoms with E-state index in [1.807, 2.05) is 0 Å². The molecule has 0 aliphatic heterocycles. The van der Waals surface area contributed by atoms with Gasteiger partial charge in [-0.25, -0.2) is 0 Å².